The van der Waals surface area contributed by atoms with Crippen LogP contribution in [-0.2, 0) is 14.3 Å². The van der Waals surface area contributed by atoms with Crippen LogP contribution < -0.4 is 0 Å². The van der Waals surface area contributed by atoms with Crippen LogP contribution in [0.2, 0.25) is 0 Å². The molecule has 0 heterocycles. The summed E-state index contributed by atoms with van der Waals surface area (Å²) in [7, 11) is 0. The van der Waals surface area contributed by atoms with E-state index >= 15 is 0 Å². The van der Waals surface area contributed by atoms with Gasteiger partial charge in [0.25, 0.3) is 0 Å². The van der Waals surface area contributed by atoms with Crippen LogP contribution >= 0.6 is 0 Å². The molecule has 0 spiro atoms. The Kier molecular flexibility index (Phi) is 4.84. The van der Waals surface area contributed by atoms with Crippen LogP contribution in [0.25, 0.3) is 6.08 Å². The van der Waals surface area contributed by atoms with E-state index in [1.807, 2.05) is 64.1 Å². The first-order chi connectivity index (χ1) is 9.91. The fraction of sp³-hybridized carbons (Fsp3) is 0.500. The van der Waals surface area contributed by atoms with Crippen LogP contribution in [-0.4, -0.2) is 18.7 Å². The smallest absolute Gasteiger partial charge is 0.316 e. The van der Waals surface area contributed by atoms with Crippen molar-refractivity contribution in [2.24, 2.45) is 11.3 Å². The van der Waals surface area contributed by atoms with Crippen molar-refractivity contribution in [3.8, 4) is 0 Å². The largest absolute Gasteiger partial charge is 0.430 e. The molecule has 1 aromatic rings. The predicted octanol–water partition coefficient (Wildman–Crippen LogP) is 4.04. The Morgan fingerprint density at radius 2 is 1.95 bits per heavy atom. The van der Waals surface area contributed by atoms with E-state index in [2.05, 4.69) is 0 Å². The number of hydrogen-bond donors (Lipinski definition) is 0. The normalized spacial score (nSPS) is 22.0. The predicted molar refractivity (Wildman–Crippen MR) is 83.5 cm³/mol. The van der Waals surface area contributed by atoms with E-state index in [-0.39, 0.29) is 18.0 Å². The topological polar surface area (TPSA) is 35.5 Å². The first-order valence-electron chi connectivity index (χ1n) is 7.52. The Bertz CT molecular complexity index is 511. The van der Waals surface area contributed by atoms with E-state index in [9.17, 15) is 4.79 Å². The van der Waals surface area contributed by atoms with Crippen molar-refractivity contribution < 1.29 is 14.3 Å². The second-order valence-electron chi connectivity index (χ2n) is 6.43. The van der Waals surface area contributed by atoms with Crippen molar-refractivity contribution in [1.29, 1.82) is 0 Å². The molecule has 21 heavy (non-hydrogen) atoms. The standard InChI is InChI=1S/C18H24O3/c1-5-20-15-12-14(15)16(21-17(19)18(2,3)4)11-13-9-7-6-8-10-13/h6-11,14-15H,5,12H2,1-4H3/b16-11-. The molecular formula is C18H24O3. The van der Waals surface area contributed by atoms with Gasteiger partial charge in [0.2, 0.25) is 0 Å². The Morgan fingerprint density at radius 1 is 1.29 bits per heavy atom. The van der Waals surface area contributed by atoms with Gasteiger partial charge < -0.3 is 9.47 Å². The van der Waals surface area contributed by atoms with Gasteiger partial charge in [0.05, 0.1) is 11.5 Å². The van der Waals surface area contributed by atoms with Crippen LogP contribution in [0.3, 0.4) is 0 Å². The zero-order valence-corrected chi connectivity index (χ0v) is 13.3. The summed E-state index contributed by atoms with van der Waals surface area (Å²) in [6.07, 6.45) is 3.05. The summed E-state index contributed by atoms with van der Waals surface area (Å²) >= 11 is 0. The fourth-order valence-corrected chi connectivity index (χ4v) is 2.06. The molecule has 2 rings (SSSR count). The van der Waals surface area contributed by atoms with E-state index in [1.54, 1.807) is 0 Å². The lowest BCUT2D eigenvalue weighted by atomic mass is 9.97. The van der Waals surface area contributed by atoms with Gasteiger partial charge in [-0.15, -0.1) is 0 Å². The number of hydrogen-bond acceptors (Lipinski definition) is 3. The van der Waals surface area contributed by atoms with Crippen molar-refractivity contribution >= 4 is 12.0 Å². The molecule has 0 saturated heterocycles. The van der Waals surface area contributed by atoms with Crippen molar-refractivity contribution in [2.75, 3.05) is 6.61 Å². The lowest BCUT2D eigenvalue weighted by molar-refractivity contribution is -0.148. The Hall–Kier alpha value is -1.61. The summed E-state index contributed by atoms with van der Waals surface area (Å²) in [6.45, 7) is 8.26. The number of carbonyl (C=O) groups excluding carboxylic acids is 1. The number of esters is 1. The molecule has 0 amide bonds. The van der Waals surface area contributed by atoms with Gasteiger partial charge in [-0.3, -0.25) is 4.79 Å². The molecule has 1 aliphatic rings. The van der Waals surface area contributed by atoms with Crippen LogP contribution in [0.5, 0.6) is 0 Å². The minimum atomic E-state index is -0.508. The number of benzene rings is 1. The highest BCUT2D eigenvalue weighted by molar-refractivity contribution is 5.77. The first kappa shape index (κ1) is 15.8. The van der Waals surface area contributed by atoms with Crippen LogP contribution in [0.4, 0.5) is 0 Å². The minimum Gasteiger partial charge on any atom is -0.430 e. The van der Waals surface area contributed by atoms with Gasteiger partial charge in [0.1, 0.15) is 5.76 Å². The molecule has 0 radical (unpaired) electrons. The van der Waals surface area contributed by atoms with Gasteiger partial charge in [-0.05, 0) is 45.8 Å². The Labute approximate surface area is 127 Å². The van der Waals surface area contributed by atoms with E-state index in [0.29, 0.717) is 6.61 Å². The lowest BCUT2D eigenvalue weighted by Crippen LogP contribution is -2.23. The zero-order valence-electron chi connectivity index (χ0n) is 13.3. The number of carbonyl (C=O) groups is 1. The maximum atomic E-state index is 12.2. The molecule has 0 aromatic heterocycles. The molecule has 2 atom stereocenters. The summed E-state index contributed by atoms with van der Waals surface area (Å²) in [6, 6.07) is 9.92. The molecule has 3 nitrogen and oxygen atoms in total. The van der Waals surface area contributed by atoms with Gasteiger partial charge >= 0.3 is 5.97 Å². The first-order valence-corrected chi connectivity index (χ1v) is 7.52. The molecule has 1 aromatic carbocycles. The summed E-state index contributed by atoms with van der Waals surface area (Å²) in [5.41, 5.74) is 0.530. The average molecular weight is 288 g/mol. The maximum absolute atomic E-state index is 12.2. The molecule has 1 fully saturated rings. The van der Waals surface area contributed by atoms with Gasteiger partial charge in [0, 0.05) is 12.5 Å². The molecule has 3 heteroatoms. The molecule has 0 N–H and O–H groups in total. The minimum absolute atomic E-state index is 0.178. The summed E-state index contributed by atoms with van der Waals surface area (Å²) in [4.78, 5) is 12.2. The second kappa shape index (κ2) is 6.44. The Balaban J connectivity index is 2.16. The quantitative estimate of drug-likeness (QED) is 0.606. The average Bonchev–Trinajstić information content (AvgIpc) is 3.18. The third kappa shape index (κ3) is 4.43. The van der Waals surface area contributed by atoms with Crippen LogP contribution in [0.1, 0.15) is 39.7 Å². The highest BCUT2D eigenvalue weighted by Gasteiger charge is 2.43. The molecule has 0 aliphatic heterocycles. The van der Waals surface area contributed by atoms with Gasteiger partial charge in [0.15, 0.2) is 0 Å². The molecule has 1 saturated carbocycles. The Morgan fingerprint density at radius 3 is 2.52 bits per heavy atom. The van der Waals surface area contributed by atoms with E-state index in [1.165, 1.54) is 0 Å². The highest BCUT2D eigenvalue weighted by Crippen LogP contribution is 2.42. The summed E-state index contributed by atoms with van der Waals surface area (Å²) in [5.74, 6) is 0.711. The summed E-state index contributed by atoms with van der Waals surface area (Å²) in [5, 5.41) is 0. The second-order valence-corrected chi connectivity index (χ2v) is 6.43. The zero-order chi connectivity index (χ0) is 15.5. The van der Waals surface area contributed by atoms with Crippen molar-refractivity contribution in [2.45, 2.75) is 40.2 Å². The number of rotatable bonds is 5. The fourth-order valence-electron chi connectivity index (χ4n) is 2.06. The monoisotopic (exact) mass is 288 g/mol. The third-order valence-electron chi connectivity index (χ3n) is 3.41. The molecular weight excluding hydrogens is 264 g/mol. The molecule has 1 aliphatic carbocycles. The van der Waals surface area contributed by atoms with E-state index in [4.69, 9.17) is 9.47 Å². The van der Waals surface area contributed by atoms with E-state index in [0.717, 1.165) is 17.7 Å². The molecule has 0 bridgehead atoms. The SMILES string of the molecule is CCOC1CC1/C(=C/c1ccccc1)OC(=O)C(C)(C)C. The third-order valence-corrected chi connectivity index (χ3v) is 3.41. The van der Waals surface area contributed by atoms with Crippen molar-refractivity contribution in [1.82, 2.24) is 0 Å². The van der Waals surface area contributed by atoms with Crippen molar-refractivity contribution in [3.05, 3.63) is 41.7 Å². The number of ether oxygens (including phenoxy) is 2. The van der Waals surface area contributed by atoms with Gasteiger partial charge in [-0.1, -0.05) is 30.3 Å². The van der Waals surface area contributed by atoms with Crippen LogP contribution in [0.15, 0.2) is 36.1 Å². The molecule has 2 unspecified atom stereocenters. The van der Waals surface area contributed by atoms with Crippen molar-refractivity contribution in [3.63, 3.8) is 0 Å². The highest BCUT2D eigenvalue weighted by atomic mass is 16.5. The lowest BCUT2D eigenvalue weighted by Gasteiger charge is -2.18. The molecule has 114 valence electrons. The maximum Gasteiger partial charge on any atom is 0.316 e. The van der Waals surface area contributed by atoms with Gasteiger partial charge in [-0.2, -0.15) is 0 Å². The van der Waals surface area contributed by atoms with Crippen LogP contribution in [0, 0.1) is 11.3 Å². The summed E-state index contributed by atoms with van der Waals surface area (Å²) < 4.78 is 11.3. The van der Waals surface area contributed by atoms with E-state index < -0.39 is 5.41 Å². The van der Waals surface area contributed by atoms with Gasteiger partial charge in [-0.25, -0.2) is 0 Å².